The van der Waals surface area contributed by atoms with Crippen molar-refractivity contribution in [2.75, 3.05) is 6.61 Å². The number of Topliss-reactive ketones (excluding diaryl/α,β-unsaturated/α-hetero) is 1. The summed E-state index contributed by atoms with van der Waals surface area (Å²) in [5, 5.41) is 15.9. The summed E-state index contributed by atoms with van der Waals surface area (Å²) in [6.07, 6.45) is -0.635. The van der Waals surface area contributed by atoms with Gasteiger partial charge in [-0.15, -0.1) is 0 Å². The van der Waals surface area contributed by atoms with Crippen LogP contribution < -0.4 is 27.1 Å². The molecule has 5 aromatic rings. The number of likely N-dealkylation sites (tertiary alicyclic amines) is 1. The molecule has 6 rings (SSSR count). The van der Waals surface area contributed by atoms with E-state index in [-0.39, 0.29) is 48.9 Å². The lowest BCUT2D eigenvalue weighted by Gasteiger charge is -2.50. The molecule has 1 aliphatic heterocycles. The van der Waals surface area contributed by atoms with E-state index in [1.165, 1.54) is 24.8 Å². The van der Waals surface area contributed by atoms with Crippen molar-refractivity contribution in [3.63, 3.8) is 0 Å². The van der Waals surface area contributed by atoms with Gasteiger partial charge in [-0.1, -0.05) is 128 Å². The van der Waals surface area contributed by atoms with Crippen molar-refractivity contribution in [2.24, 2.45) is 5.92 Å². The van der Waals surface area contributed by atoms with E-state index >= 15 is 0 Å². The maximum absolute atomic E-state index is 14.6. The van der Waals surface area contributed by atoms with E-state index in [0.29, 0.717) is 11.1 Å². The number of ether oxygens (including phenoxy) is 2. The van der Waals surface area contributed by atoms with E-state index in [4.69, 9.17) is 18.3 Å². The number of benzene rings is 4. The van der Waals surface area contributed by atoms with Gasteiger partial charge >= 0.3 is 17.9 Å². The standard InChI is InChI=1S/C43H41N2O10P/c1-4-24-52-41(49)40(56(32-14-8-5-9-15-32,33-16-10-6-11-17-33)34-18-12-7-13-19-34)45-35(38(28(2)46)39(45)48)25-36(47)31-22-20-30(21-23-31)26-44-42(50)53-27-37-29(3)54-43(51)55-37/h4-23,28,35,38,46H,1,24-27H2,2-3H3,(H,44,50)/t28-,35-,38-/m1/s1. The number of alkyl carbamates (subject to hydrolysis) is 1. The number of carbonyl (C=O) groups is 4. The molecule has 4 aromatic carbocycles. The molecule has 0 aliphatic carbocycles. The van der Waals surface area contributed by atoms with Crippen molar-refractivity contribution in [2.45, 2.75) is 45.6 Å². The summed E-state index contributed by atoms with van der Waals surface area (Å²) in [6.45, 7) is 3.17. The van der Waals surface area contributed by atoms with Gasteiger partial charge < -0.3 is 33.6 Å². The summed E-state index contributed by atoms with van der Waals surface area (Å²) < 4.78 is 20.5. The third-order valence-corrected chi connectivity index (χ3v) is 13.8. The zero-order valence-corrected chi connectivity index (χ0v) is 31.7. The minimum atomic E-state index is -3.22. The van der Waals surface area contributed by atoms with Crippen LogP contribution in [0.1, 0.15) is 40.8 Å². The smallest absolute Gasteiger partial charge is 0.457 e. The fourth-order valence-corrected chi connectivity index (χ4v) is 11.3. The number of β-lactam (4-membered cyclic amide) rings is 1. The topological polar surface area (TPSA) is 166 Å². The molecule has 1 saturated heterocycles. The normalized spacial score (nSPS) is 15.6. The number of hydrogen-bond donors (Lipinski definition) is 2. The van der Waals surface area contributed by atoms with Crippen molar-refractivity contribution < 1.29 is 42.6 Å². The van der Waals surface area contributed by atoms with Crippen LogP contribution in [0.3, 0.4) is 0 Å². The molecule has 12 nitrogen and oxygen atoms in total. The average Bonchev–Trinajstić information content (AvgIpc) is 3.54. The molecular weight excluding hydrogens is 735 g/mol. The molecule has 56 heavy (non-hydrogen) atoms. The van der Waals surface area contributed by atoms with Crippen molar-refractivity contribution in [1.82, 2.24) is 10.2 Å². The molecule has 1 aromatic heterocycles. The molecule has 288 valence electrons. The van der Waals surface area contributed by atoms with E-state index in [1.54, 1.807) is 24.3 Å². The quantitative estimate of drug-likeness (QED) is 0.0505. The second kappa shape index (κ2) is 17.5. The van der Waals surface area contributed by atoms with E-state index in [2.05, 4.69) is 11.9 Å². The SMILES string of the molecule is C=CCOC(=O)C(N1C(=O)[C@H]([C@@H](C)O)[C@H]1CC(=O)c1ccc(CNC(=O)OCc2oc(=O)oc2C)cc1)=P(c1ccccc1)(c1ccccc1)c1ccccc1. The van der Waals surface area contributed by atoms with Gasteiger partial charge in [-0.3, -0.25) is 9.59 Å². The lowest BCUT2D eigenvalue weighted by molar-refractivity contribution is -0.157. The van der Waals surface area contributed by atoms with Crippen molar-refractivity contribution >= 4 is 52.0 Å². The predicted molar refractivity (Wildman–Crippen MR) is 212 cm³/mol. The fraction of sp³-hybridized carbons (Fsp3) is 0.209. The van der Waals surface area contributed by atoms with Gasteiger partial charge in [0.1, 0.15) is 12.0 Å². The highest BCUT2D eigenvalue weighted by molar-refractivity contribution is 7.96. The number of nitrogens with one attached hydrogen (secondary N) is 1. The molecule has 3 atom stereocenters. The van der Waals surface area contributed by atoms with Gasteiger partial charge in [-0.2, -0.15) is 0 Å². The first-order valence-corrected chi connectivity index (χ1v) is 19.7. The van der Waals surface area contributed by atoms with Crippen LogP contribution in [0.5, 0.6) is 0 Å². The molecule has 1 aliphatic rings. The van der Waals surface area contributed by atoms with Crippen LogP contribution in [0.15, 0.2) is 142 Å². The Morgan fingerprint density at radius 3 is 1.89 bits per heavy atom. The molecule has 0 radical (unpaired) electrons. The van der Waals surface area contributed by atoms with Gasteiger partial charge in [-0.05, 0) is 35.3 Å². The Balaban J connectivity index is 1.36. The van der Waals surface area contributed by atoms with Crippen LogP contribution >= 0.6 is 6.89 Å². The number of carbonyl (C=O) groups excluding carboxylic acids is 4. The maximum atomic E-state index is 14.6. The molecule has 2 heterocycles. The largest absolute Gasteiger partial charge is 0.519 e. The number of hydrogen-bond acceptors (Lipinski definition) is 10. The van der Waals surface area contributed by atoms with Crippen molar-refractivity contribution in [3.05, 3.63) is 161 Å². The van der Waals surface area contributed by atoms with Gasteiger partial charge in [-0.25, -0.2) is 14.4 Å². The Kier molecular flexibility index (Phi) is 12.3. The zero-order chi connectivity index (χ0) is 39.8. The number of ketones is 1. The van der Waals surface area contributed by atoms with Crippen LogP contribution in [0, 0.1) is 12.8 Å². The summed E-state index contributed by atoms with van der Waals surface area (Å²) in [5.74, 6) is -3.10. The minimum Gasteiger partial charge on any atom is -0.457 e. The first kappa shape index (κ1) is 39.5. The highest BCUT2D eigenvalue weighted by atomic mass is 31.2. The molecular formula is C43H41N2O10P. The Hall–Kier alpha value is -6.23. The molecule has 0 spiro atoms. The summed E-state index contributed by atoms with van der Waals surface area (Å²) in [6, 6.07) is 34.2. The van der Waals surface area contributed by atoms with E-state index in [1.807, 2.05) is 91.0 Å². The lowest BCUT2D eigenvalue weighted by Crippen LogP contribution is -2.68. The maximum Gasteiger partial charge on any atom is 0.519 e. The highest BCUT2D eigenvalue weighted by Gasteiger charge is 2.55. The Morgan fingerprint density at radius 2 is 1.41 bits per heavy atom. The number of esters is 1. The first-order chi connectivity index (χ1) is 27.1. The molecule has 2 amide bonds. The Bertz CT molecular complexity index is 2210. The number of rotatable bonds is 15. The van der Waals surface area contributed by atoms with Crippen LogP contribution in [-0.2, 0) is 32.2 Å². The molecule has 13 heteroatoms. The summed E-state index contributed by atoms with van der Waals surface area (Å²) in [4.78, 5) is 67.9. The van der Waals surface area contributed by atoms with Crippen LogP contribution in [0.4, 0.5) is 4.79 Å². The molecule has 2 N–H and O–H groups in total. The van der Waals surface area contributed by atoms with Gasteiger partial charge in [0.2, 0.25) is 5.91 Å². The number of aliphatic hydroxyl groups excluding tert-OH is 1. The number of aryl methyl sites for hydroxylation is 1. The van der Waals surface area contributed by atoms with Gasteiger partial charge in [0.15, 0.2) is 23.9 Å². The van der Waals surface area contributed by atoms with Crippen LogP contribution in [0.25, 0.3) is 0 Å². The molecule has 0 bridgehead atoms. The van der Waals surface area contributed by atoms with Gasteiger partial charge in [0, 0.05) is 25.4 Å². The van der Waals surface area contributed by atoms with Crippen molar-refractivity contribution in [1.29, 1.82) is 0 Å². The third kappa shape index (κ3) is 8.07. The second-order valence-electron chi connectivity index (χ2n) is 13.1. The molecule has 0 unspecified atom stereocenters. The highest BCUT2D eigenvalue weighted by Crippen LogP contribution is 2.50. The minimum absolute atomic E-state index is 0.0754. The van der Waals surface area contributed by atoms with Crippen LogP contribution in [0.2, 0.25) is 0 Å². The number of nitrogens with zero attached hydrogens (tertiary/aromatic N) is 1. The number of aliphatic hydroxyl groups is 1. The first-order valence-electron chi connectivity index (χ1n) is 17.9. The summed E-state index contributed by atoms with van der Waals surface area (Å²) in [5.41, 5.74) is 1.09. The third-order valence-electron chi connectivity index (χ3n) is 9.56. The van der Waals surface area contributed by atoms with E-state index in [0.717, 1.165) is 15.9 Å². The average molecular weight is 777 g/mol. The summed E-state index contributed by atoms with van der Waals surface area (Å²) >= 11 is 0. The lowest BCUT2D eigenvalue weighted by atomic mass is 9.79. The van der Waals surface area contributed by atoms with Crippen molar-refractivity contribution in [3.8, 4) is 0 Å². The Morgan fingerprint density at radius 1 is 0.857 bits per heavy atom. The summed E-state index contributed by atoms with van der Waals surface area (Å²) in [7, 11) is 0. The van der Waals surface area contributed by atoms with Gasteiger partial charge in [0.25, 0.3) is 0 Å². The molecule has 0 saturated carbocycles. The number of amides is 2. The molecule has 1 fully saturated rings. The van der Waals surface area contributed by atoms with E-state index in [9.17, 15) is 29.1 Å². The monoisotopic (exact) mass is 776 g/mol. The van der Waals surface area contributed by atoms with Gasteiger partial charge in [0.05, 0.1) is 18.1 Å². The predicted octanol–water partition coefficient (Wildman–Crippen LogP) is 4.60. The Labute approximate surface area is 323 Å². The van der Waals surface area contributed by atoms with Crippen LogP contribution in [-0.4, -0.2) is 57.9 Å². The van der Waals surface area contributed by atoms with E-state index < -0.39 is 48.7 Å². The second-order valence-corrected chi connectivity index (χ2v) is 16.4. The zero-order valence-electron chi connectivity index (χ0n) is 30.8. The fourth-order valence-electron chi connectivity index (χ4n) is 6.92.